The first-order chi connectivity index (χ1) is 14.0. The number of ether oxygens (including phenoxy) is 1. The average Bonchev–Trinajstić information content (AvgIpc) is 3.16. The second-order valence-electron chi connectivity index (χ2n) is 6.51. The molecular weight excluding hydrogens is 390 g/mol. The van der Waals surface area contributed by atoms with E-state index in [0.29, 0.717) is 33.2 Å². The third-order valence-electron chi connectivity index (χ3n) is 4.58. The minimum atomic E-state index is -0.571. The number of thiazole rings is 1. The number of rotatable bonds is 4. The predicted molar refractivity (Wildman–Crippen MR) is 110 cm³/mol. The molecule has 4 aromatic rings. The van der Waals surface area contributed by atoms with E-state index >= 15 is 0 Å². The van der Waals surface area contributed by atoms with E-state index in [1.165, 1.54) is 32.4 Å². The average molecular weight is 407 g/mol. The van der Waals surface area contributed by atoms with Gasteiger partial charge in [0.05, 0.1) is 11.3 Å². The maximum absolute atomic E-state index is 12.8. The molecule has 0 atom stereocenters. The summed E-state index contributed by atoms with van der Waals surface area (Å²) in [6, 6.07) is 11.9. The summed E-state index contributed by atoms with van der Waals surface area (Å²) in [5.74, 6) is -0.571. The number of carbonyl (C=O) groups is 1. The van der Waals surface area contributed by atoms with Crippen molar-refractivity contribution in [2.45, 2.75) is 20.5 Å². The molecule has 0 bridgehead atoms. The monoisotopic (exact) mass is 407 g/mol. The first-order valence-electron chi connectivity index (χ1n) is 8.87. The van der Waals surface area contributed by atoms with Gasteiger partial charge in [-0.2, -0.15) is 0 Å². The zero-order valence-electron chi connectivity index (χ0n) is 15.8. The Morgan fingerprint density at radius 3 is 2.62 bits per heavy atom. The van der Waals surface area contributed by atoms with Crippen molar-refractivity contribution >= 4 is 22.3 Å². The number of aryl methyl sites for hydroxylation is 1. The van der Waals surface area contributed by atoms with Crippen molar-refractivity contribution in [3.63, 3.8) is 0 Å². The van der Waals surface area contributed by atoms with Crippen molar-refractivity contribution in [1.82, 2.24) is 14.0 Å². The Morgan fingerprint density at radius 2 is 1.86 bits per heavy atom. The van der Waals surface area contributed by atoms with Crippen LogP contribution in [0.4, 0.5) is 0 Å². The van der Waals surface area contributed by atoms with Crippen molar-refractivity contribution in [2.24, 2.45) is 0 Å². The fourth-order valence-corrected chi connectivity index (χ4v) is 4.00. The molecule has 0 aliphatic heterocycles. The molecule has 0 aliphatic rings. The number of benzene rings is 1. The van der Waals surface area contributed by atoms with Crippen LogP contribution in [-0.4, -0.2) is 19.9 Å². The van der Waals surface area contributed by atoms with E-state index in [1.54, 1.807) is 37.6 Å². The van der Waals surface area contributed by atoms with Crippen LogP contribution in [0.2, 0.25) is 0 Å². The van der Waals surface area contributed by atoms with E-state index in [1.807, 2.05) is 18.2 Å². The van der Waals surface area contributed by atoms with Gasteiger partial charge in [-0.3, -0.25) is 18.6 Å². The number of carbonyl (C=O) groups excluding carboxylic acids is 1. The summed E-state index contributed by atoms with van der Waals surface area (Å²) >= 11 is 1.33. The number of pyridine rings is 1. The highest BCUT2D eigenvalue weighted by molar-refractivity contribution is 7.15. The molecule has 0 saturated heterocycles. The third kappa shape index (κ3) is 3.50. The lowest BCUT2D eigenvalue weighted by Gasteiger charge is -2.15. The van der Waals surface area contributed by atoms with Crippen molar-refractivity contribution in [2.75, 3.05) is 0 Å². The first kappa shape index (κ1) is 18.8. The molecule has 0 aliphatic carbocycles. The lowest BCUT2D eigenvalue weighted by molar-refractivity contribution is 0.0465. The molecule has 0 saturated carbocycles. The molecule has 0 N–H and O–H groups in total. The van der Waals surface area contributed by atoms with Crippen molar-refractivity contribution < 1.29 is 9.53 Å². The van der Waals surface area contributed by atoms with Gasteiger partial charge in [0.25, 0.3) is 11.1 Å². The van der Waals surface area contributed by atoms with Crippen molar-refractivity contribution in [3.05, 3.63) is 97.3 Å². The van der Waals surface area contributed by atoms with Crippen LogP contribution < -0.4 is 11.1 Å². The van der Waals surface area contributed by atoms with Gasteiger partial charge in [0.15, 0.2) is 4.96 Å². The lowest BCUT2D eigenvalue weighted by atomic mass is 10.1. The normalized spacial score (nSPS) is 11.0. The van der Waals surface area contributed by atoms with Gasteiger partial charge < -0.3 is 4.74 Å². The molecule has 4 rings (SSSR count). The summed E-state index contributed by atoms with van der Waals surface area (Å²) < 4.78 is 8.34. The fourth-order valence-electron chi connectivity index (χ4n) is 3.26. The number of nitrogens with zero attached hydrogens (tertiary/aromatic N) is 3. The van der Waals surface area contributed by atoms with E-state index in [0.717, 1.165) is 0 Å². The Bertz CT molecular complexity index is 1340. The highest BCUT2D eigenvalue weighted by Gasteiger charge is 2.19. The molecule has 146 valence electrons. The smallest absolute Gasteiger partial charge is 0.340 e. The minimum Gasteiger partial charge on any atom is -0.456 e. The Morgan fingerprint density at radius 1 is 1.10 bits per heavy atom. The van der Waals surface area contributed by atoms with Gasteiger partial charge in [-0.15, -0.1) is 11.3 Å². The molecule has 3 heterocycles. The Labute approximate surface area is 169 Å². The van der Waals surface area contributed by atoms with Crippen LogP contribution in [0.15, 0.2) is 63.6 Å². The first-order valence-corrected chi connectivity index (χ1v) is 9.75. The molecule has 0 spiro atoms. The van der Waals surface area contributed by atoms with Gasteiger partial charge in [0.1, 0.15) is 6.61 Å². The standard InChI is InChI=1S/C21H17N3O4S/c1-13-10-18(26)24(16-6-4-3-5-7-16)14(2)19(13)20(27)28-12-15-11-17(25)23-8-9-29-21(23)22-15/h3-11H,12H2,1-2H3. The molecule has 0 radical (unpaired) electrons. The van der Waals surface area contributed by atoms with Gasteiger partial charge in [-0.25, -0.2) is 9.78 Å². The highest BCUT2D eigenvalue weighted by atomic mass is 32.1. The molecule has 0 amide bonds. The van der Waals surface area contributed by atoms with Crippen molar-refractivity contribution in [3.8, 4) is 5.69 Å². The van der Waals surface area contributed by atoms with Crippen LogP contribution in [-0.2, 0) is 11.3 Å². The molecule has 7 nitrogen and oxygen atoms in total. The van der Waals surface area contributed by atoms with Gasteiger partial charge >= 0.3 is 5.97 Å². The Balaban J connectivity index is 1.66. The number of aromatic nitrogens is 3. The molecule has 3 aromatic heterocycles. The number of para-hydroxylation sites is 1. The van der Waals surface area contributed by atoms with Crippen LogP contribution in [0, 0.1) is 13.8 Å². The predicted octanol–water partition coefficient (Wildman–Crippen LogP) is 2.88. The van der Waals surface area contributed by atoms with E-state index < -0.39 is 5.97 Å². The summed E-state index contributed by atoms with van der Waals surface area (Å²) in [5, 5.41) is 1.76. The Hall–Kier alpha value is -3.52. The molecule has 0 fully saturated rings. The van der Waals surface area contributed by atoms with Crippen molar-refractivity contribution in [1.29, 1.82) is 0 Å². The van der Waals surface area contributed by atoms with E-state index in [9.17, 15) is 14.4 Å². The van der Waals surface area contributed by atoms with E-state index in [2.05, 4.69) is 4.98 Å². The van der Waals surface area contributed by atoms with Crippen LogP contribution in [0.25, 0.3) is 10.6 Å². The minimum absolute atomic E-state index is 0.133. The number of fused-ring (bicyclic) bond motifs is 1. The summed E-state index contributed by atoms with van der Waals surface area (Å²) in [6.07, 6.45) is 1.64. The molecule has 0 unspecified atom stereocenters. The Kier molecular flexibility index (Phi) is 4.85. The van der Waals surface area contributed by atoms with Crippen LogP contribution in [0.1, 0.15) is 27.3 Å². The topological polar surface area (TPSA) is 82.7 Å². The van der Waals surface area contributed by atoms with E-state index in [4.69, 9.17) is 4.74 Å². The second-order valence-corrected chi connectivity index (χ2v) is 7.39. The summed E-state index contributed by atoms with van der Waals surface area (Å²) in [7, 11) is 0. The van der Waals surface area contributed by atoms with Crippen LogP contribution in [0.3, 0.4) is 0 Å². The molecular formula is C21H17N3O4S. The fraction of sp³-hybridized carbons (Fsp3) is 0.143. The molecule has 8 heteroatoms. The van der Waals surface area contributed by atoms with Gasteiger partial charge in [-0.1, -0.05) is 18.2 Å². The summed E-state index contributed by atoms with van der Waals surface area (Å²) in [6.45, 7) is 3.27. The molecule has 1 aromatic carbocycles. The zero-order valence-corrected chi connectivity index (χ0v) is 16.6. The SMILES string of the molecule is Cc1cc(=O)n(-c2ccccc2)c(C)c1C(=O)OCc1cc(=O)n2ccsc2n1. The largest absolute Gasteiger partial charge is 0.456 e. The van der Waals surface area contributed by atoms with Gasteiger partial charge in [0.2, 0.25) is 0 Å². The van der Waals surface area contributed by atoms with E-state index in [-0.39, 0.29) is 17.7 Å². The maximum atomic E-state index is 12.8. The maximum Gasteiger partial charge on any atom is 0.340 e. The molecule has 29 heavy (non-hydrogen) atoms. The van der Waals surface area contributed by atoms with Crippen LogP contribution in [0.5, 0.6) is 0 Å². The second kappa shape index (κ2) is 7.48. The third-order valence-corrected chi connectivity index (χ3v) is 5.33. The van der Waals surface area contributed by atoms with Gasteiger partial charge in [0, 0.05) is 35.1 Å². The number of hydrogen-bond acceptors (Lipinski definition) is 6. The lowest BCUT2D eigenvalue weighted by Crippen LogP contribution is -2.25. The highest BCUT2D eigenvalue weighted by Crippen LogP contribution is 2.17. The zero-order chi connectivity index (χ0) is 20.5. The van der Waals surface area contributed by atoms with Gasteiger partial charge in [-0.05, 0) is 31.5 Å². The summed E-state index contributed by atoms with van der Waals surface area (Å²) in [4.78, 5) is 42.3. The van der Waals surface area contributed by atoms with Crippen LogP contribution >= 0.6 is 11.3 Å². The number of hydrogen-bond donors (Lipinski definition) is 0. The number of esters is 1. The quantitative estimate of drug-likeness (QED) is 0.486. The summed E-state index contributed by atoms with van der Waals surface area (Å²) in [5.41, 5.74) is 1.94.